The van der Waals surface area contributed by atoms with Gasteiger partial charge in [0.05, 0.1) is 54.3 Å². The Kier molecular flexibility index (Phi) is 7.78. The largest absolute Gasteiger partial charge is 0.497 e. The standard InChI is InChI=1S/C26H31NO7S/c1-14-19(32-3)9-15(10-20(14)33-4)25(28)21(34-16-7-5-6-8-16)13-23-27-24-18(26(29)30)11-17(31-2)12-22(24)35-23/h9-12,16,21,25,28H,5-8,13H2,1-4H3,(H,29,30)/t21-,25-/m1/s1. The highest BCUT2D eigenvalue weighted by atomic mass is 32.1. The number of carboxylic acids is 1. The summed E-state index contributed by atoms with van der Waals surface area (Å²) in [5.41, 5.74) is 1.97. The van der Waals surface area contributed by atoms with Crippen molar-refractivity contribution in [1.29, 1.82) is 0 Å². The Morgan fingerprint density at radius 3 is 2.31 bits per heavy atom. The number of fused-ring (bicyclic) bond motifs is 1. The number of aliphatic hydroxyl groups excluding tert-OH is 1. The van der Waals surface area contributed by atoms with Gasteiger partial charge in [-0.25, -0.2) is 9.78 Å². The molecule has 3 aromatic rings. The second-order valence-electron chi connectivity index (χ2n) is 8.71. The van der Waals surface area contributed by atoms with Crippen LogP contribution < -0.4 is 14.2 Å². The third-order valence-electron chi connectivity index (χ3n) is 6.49. The van der Waals surface area contributed by atoms with Gasteiger partial charge in [0, 0.05) is 12.0 Å². The highest BCUT2D eigenvalue weighted by Gasteiger charge is 2.30. The van der Waals surface area contributed by atoms with Gasteiger partial charge in [-0.1, -0.05) is 12.8 Å². The maximum absolute atomic E-state index is 11.8. The third-order valence-corrected chi connectivity index (χ3v) is 7.52. The van der Waals surface area contributed by atoms with E-state index in [2.05, 4.69) is 4.98 Å². The smallest absolute Gasteiger partial charge is 0.338 e. The molecule has 1 saturated carbocycles. The summed E-state index contributed by atoms with van der Waals surface area (Å²) in [5.74, 6) is 0.638. The Balaban J connectivity index is 1.70. The lowest BCUT2D eigenvalue weighted by molar-refractivity contribution is -0.0753. The van der Waals surface area contributed by atoms with Crippen molar-refractivity contribution in [3.05, 3.63) is 46.0 Å². The lowest BCUT2D eigenvalue weighted by atomic mass is 9.99. The fourth-order valence-electron chi connectivity index (χ4n) is 4.59. The van der Waals surface area contributed by atoms with Crippen molar-refractivity contribution in [2.45, 2.75) is 57.3 Å². The number of carboxylic acid groups (broad SMARTS) is 1. The van der Waals surface area contributed by atoms with E-state index in [1.807, 2.05) is 6.92 Å². The van der Waals surface area contributed by atoms with Crippen molar-refractivity contribution >= 4 is 27.5 Å². The second-order valence-corrected chi connectivity index (χ2v) is 9.83. The van der Waals surface area contributed by atoms with Gasteiger partial charge < -0.3 is 29.2 Å². The van der Waals surface area contributed by atoms with E-state index < -0.39 is 18.2 Å². The zero-order valence-electron chi connectivity index (χ0n) is 20.4. The molecule has 0 aliphatic heterocycles. The fraction of sp³-hybridized carbons (Fsp3) is 0.462. The number of rotatable bonds is 10. The zero-order chi connectivity index (χ0) is 25.1. The minimum Gasteiger partial charge on any atom is -0.497 e. The van der Waals surface area contributed by atoms with Crippen LogP contribution in [0.15, 0.2) is 24.3 Å². The first-order valence-electron chi connectivity index (χ1n) is 11.6. The van der Waals surface area contributed by atoms with Crippen molar-refractivity contribution in [3.8, 4) is 17.2 Å². The maximum atomic E-state index is 11.8. The summed E-state index contributed by atoms with van der Waals surface area (Å²) >= 11 is 1.38. The number of aromatic nitrogens is 1. The van der Waals surface area contributed by atoms with E-state index in [1.54, 1.807) is 32.4 Å². The minimum atomic E-state index is -1.07. The van der Waals surface area contributed by atoms with E-state index in [1.165, 1.54) is 24.5 Å². The first kappa shape index (κ1) is 25.2. The highest BCUT2D eigenvalue weighted by molar-refractivity contribution is 7.18. The monoisotopic (exact) mass is 501 g/mol. The first-order chi connectivity index (χ1) is 16.8. The van der Waals surface area contributed by atoms with Crippen molar-refractivity contribution in [1.82, 2.24) is 4.98 Å². The van der Waals surface area contributed by atoms with Crippen LogP contribution in [-0.2, 0) is 11.2 Å². The van der Waals surface area contributed by atoms with Gasteiger partial charge >= 0.3 is 5.97 Å². The van der Waals surface area contributed by atoms with Crippen LogP contribution in [-0.4, -0.2) is 54.7 Å². The number of thiazole rings is 1. The number of nitrogens with zero attached hydrogens (tertiary/aromatic N) is 1. The Morgan fingerprint density at radius 2 is 1.74 bits per heavy atom. The number of hydrogen-bond donors (Lipinski definition) is 2. The molecule has 1 aliphatic carbocycles. The molecule has 9 heteroatoms. The minimum absolute atomic E-state index is 0.0629. The van der Waals surface area contributed by atoms with Crippen LogP contribution in [0.3, 0.4) is 0 Å². The summed E-state index contributed by atoms with van der Waals surface area (Å²) in [6.45, 7) is 1.90. The number of ether oxygens (including phenoxy) is 4. The quantitative estimate of drug-likeness (QED) is 0.403. The van der Waals surface area contributed by atoms with E-state index in [-0.39, 0.29) is 11.7 Å². The van der Waals surface area contributed by atoms with Crippen LogP contribution in [0.1, 0.15) is 58.3 Å². The van der Waals surface area contributed by atoms with Gasteiger partial charge in [0.25, 0.3) is 0 Å². The summed E-state index contributed by atoms with van der Waals surface area (Å²) in [6.07, 6.45) is 2.95. The number of benzene rings is 2. The van der Waals surface area contributed by atoms with E-state index in [9.17, 15) is 15.0 Å². The molecule has 35 heavy (non-hydrogen) atoms. The van der Waals surface area contributed by atoms with Gasteiger partial charge in [-0.2, -0.15) is 0 Å². The summed E-state index contributed by atoms with van der Waals surface area (Å²) in [7, 11) is 4.67. The molecule has 1 aliphatic rings. The van der Waals surface area contributed by atoms with E-state index >= 15 is 0 Å². The fourth-order valence-corrected chi connectivity index (χ4v) is 5.65. The predicted molar refractivity (Wildman–Crippen MR) is 133 cm³/mol. The van der Waals surface area contributed by atoms with Crippen LogP contribution in [0, 0.1) is 6.92 Å². The molecule has 1 heterocycles. The Bertz CT molecular complexity index is 1180. The molecule has 0 spiro atoms. The Hall–Kier alpha value is -2.88. The van der Waals surface area contributed by atoms with Crippen LogP contribution in [0.2, 0.25) is 0 Å². The molecule has 0 amide bonds. The molecule has 1 aromatic heterocycles. The number of methoxy groups -OCH3 is 3. The lowest BCUT2D eigenvalue weighted by Gasteiger charge is -2.27. The summed E-state index contributed by atoms with van der Waals surface area (Å²) in [5, 5.41) is 21.8. The van der Waals surface area contributed by atoms with Crippen LogP contribution >= 0.6 is 11.3 Å². The zero-order valence-corrected chi connectivity index (χ0v) is 21.2. The highest BCUT2D eigenvalue weighted by Crippen LogP contribution is 2.37. The Labute approximate surface area is 208 Å². The normalized spacial score (nSPS) is 15.8. The van der Waals surface area contributed by atoms with Crippen molar-refractivity contribution < 1.29 is 34.0 Å². The number of aromatic carboxylic acids is 1. The second kappa shape index (κ2) is 10.8. The molecule has 188 valence electrons. The van der Waals surface area contributed by atoms with Crippen LogP contribution in [0.5, 0.6) is 17.2 Å². The van der Waals surface area contributed by atoms with Crippen LogP contribution in [0.4, 0.5) is 0 Å². The molecular formula is C26H31NO7S. The molecule has 0 saturated heterocycles. The average molecular weight is 502 g/mol. The number of aliphatic hydroxyl groups is 1. The number of carbonyl (C=O) groups is 1. The van der Waals surface area contributed by atoms with E-state index in [4.69, 9.17) is 18.9 Å². The molecule has 2 N–H and O–H groups in total. The summed E-state index contributed by atoms with van der Waals surface area (Å²) < 4.78 is 23.4. The van der Waals surface area contributed by atoms with Gasteiger partial charge in [-0.05, 0) is 49.6 Å². The van der Waals surface area contributed by atoms with Crippen molar-refractivity contribution in [3.63, 3.8) is 0 Å². The Morgan fingerprint density at radius 1 is 1.09 bits per heavy atom. The first-order valence-corrected chi connectivity index (χ1v) is 12.4. The number of hydrogen-bond acceptors (Lipinski definition) is 8. The third kappa shape index (κ3) is 5.37. The molecule has 1 fully saturated rings. The molecule has 2 aromatic carbocycles. The molecule has 8 nitrogen and oxygen atoms in total. The molecule has 0 bridgehead atoms. The maximum Gasteiger partial charge on any atom is 0.338 e. The SMILES string of the molecule is COc1cc(C(=O)O)c2nc(C[C@@H](OC3CCCC3)[C@H](O)c3cc(OC)c(C)c(OC)c3)sc2c1. The van der Waals surface area contributed by atoms with Gasteiger partial charge in [-0.15, -0.1) is 11.3 Å². The molecule has 0 radical (unpaired) electrons. The van der Waals surface area contributed by atoms with Gasteiger partial charge in [0.1, 0.15) is 23.4 Å². The van der Waals surface area contributed by atoms with Crippen LogP contribution in [0.25, 0.3) is 10.2 Å². The van der Waals surface area contributed by atoms with Gasteiger partial charge in [0.15, 0.2) is 0 Å². The van der Waals surface area contributed by atoms with Gasteiger partial charge in [0.2, 0.25) is 0 Å². The average Bonchev–Trinajstić information content (AvgIpc) is 3.51. The van der Waals surface area contributed by atoms with E-state index in [0.29, 0.717) is 44.5 Å². The molecular weight excluding hydrogens is 470 g/mol. The predicted octanol–water partition coefficient (Wildman–Crippen LogP) is 4.93. The van der Waals surface area contributed by atoms with Crippen molar-refractivity contribution in [2.24, 2.45) is 0 Å². The molecule has 0 unspecified atom stereocenters. The summed E-state index contributed by atoms with van der Waals surface area (Å²) in [4.78, 5) is 16.4. The molecule has 2 atom stereocenters. The molecule has 4 rings (SSSR count). The van der Waals surface area contributed by atoms with Gasteiger partial charge in [-0.3, -0.25) is 0 Å². The van der Waals surface area contributed by atoms with E-state index in [0.717, 1.165) is 31.2 Å². The summed E-state index contributed by atoms with van der Waals surface area (Å²) in [6, 6.07) is 6.86. The van der Waals surface area contributed by atoms with Crippen molar-refractivity contribution in [2.75, 3.05) is 21.3 Å². The lowest BCUT2D eigenvalue weighted by Crippen LogP contribution is -2.29. The topological polar surface area (TPSA) is 107 Å².